The van der Waals surface area contributed by atoms with Crippen LogP contribution in [0.3, 0.4) is 0 Å². The highest BCUT2D eigenvalue weighted by atomic mass is 16.2. The third-order valence-corrected chi connectivity index (χ3v) is 2.74. The summed E-state index contributed by atoms with van der Waals surface area (Å²) in [4.78, 5) is 24.6. The fourth-order valence-electron chi connectivity index (χ4n) is 2.02. The Morgan fingerprint density at radius 3 is 2.85 bits per heavy atom. The van der Waals surface area contributed by atoms with E-state index in [-0.39, 0.29) is 29.6 Å². The van der Waals surface area contributed by atoms with Crippen LogP contribution in [0.25, 0.3) is 0 Å². The third kappa shape index (κ3) is 1.05. The summed E-state index contributed by atoms with van der Waals surface area (Å²) in [5.74, 6) is -0.219. The van der Waals surface area contributed by atoms with Crippen molar-refractivity contribution in [3.8, 4) is 0 Å². The van der Waals surface area contributed by atoms with Crippen molar-refractivity contribution in [3.63, 3.8) is 0 Å². The van der Waals surface area contributed by atoms with Crippen LogP contribution >= 0.6 is 0 Å². The molecule has 0 aromatic rings. The molecule has 0 aliphatic carbocycles. The van der Waals surface area contributed by atoms with E-state index in [2.05, 4.69) is 11.9 Å². The predicted molar refractivity (Wildman–Crippen MR) is 46.6 cm³/mol. The average molecular weight is 180 g/mol. The molecule has 2 unspecified atom stereocenters. The summed E-state index contributed by atoms with van der Waals surface area (Å²) >= 11 is 0. The fraction of sp³-hybridized carbons (Fsp3) is 0.556. The molecule has 0 spiro atoms. The molecule has 4 nitrogen and oxygen atoms in total. The quantitative estimate of drug-likeness (QED) is 0.534. The van der Waals surface area contributed by atoms with E-state index in [4.69, 9.17) is 0 Å². The van der Waals surface area contributed by atoms with Gasteiger partial charge in [-0.05, 0) is 19.8 Å². The molecule has 2 rings (SSSR count). The maximum absolute atomic E-state index is 11.6. The lowest BCUT2D eigenvalue weighted by molar-refractivity contribution is -0.141. The minimum Gasteiger partial charge on any atom is -0.323 e. The summed E-state index contributed by atoms with van der Waals surface area (Å²) in [5.41, 5.74) is 0.204. The van der Waals surface area contributed by atoms with E-state index in [1.807, 2.05) is 6.92 Å². The van der Waals surface area contributed by atoms with Gasteiger partial charge in [-0.3, -0.25) is 9.59 Å². The van der Waals surface area contributed by atoms with E-state index < -0.39 is 0 Å². The summed E-state index contributed by atoms with van der Waals surface area (Å²) in [5, 5.41) is 2.50. The molecule has 0 saturated carbocycles. The number of carbonyl (C=O) groups is 2. The molecule has 13 heavy (non-hydrogen) atoms. The van der Waals surface area contributed by atoms with Crippen molar-refractivity contribution in [2.45, 2.75) is 31.8 Å². The molecule has 0 radical (unpaired) electrons. The number of hydrogen-bond acceptors (Lipinski definition) is 2. The lowest BCUT2D eigenvalue weighted by atomic mass is 10.1. The monoisotopic (exact) mass is 180 g/mol. The first-order chi connectivity index (χ1) is 6.11. The number of piperazine rings is 1. The predicted octanol–water partition coefficient (Wildman–Crippen LogP) is 0.00940. The Labute approximate surface area is 76.6 Å². The molecule has 2 heterocycles. The van der Waals surface area contributed by atoms with Gasteiger partial charge in [-0.25, -0.2) is 0 Å². The van der Waals surface area contributed by atoms with Gasteiger partial charge in [0.25, 0.3) is 5.91 Å². The summed E-state index contributed by atoms with van der Waals surface area (Å²) < 4.78 is 0. The van der Waals surface area contributed by atoms with Gasteiger partial charge in [0.2, 0.25) is 5.91 Å². The van der Waals surface area contributed by atoms with Crippen LogP contribution in [-0.2, 0) is 9.59 Å². The minimum absolute atomic E-state index is 0.0889. The number of nitrogens with zero attached hydrogens (tertiary/aromatic N) is 1. The Kier molecular flexibility index (Phi) is 1.65. The largest absolute Gasteiger partial charge is 0.323 e. The van der Waals surface area contributed by atoms with E-state index >= 15 is 0 Å². The van der Waals surface area contributed by atoms with Crippen molar-refractivity contribution in [1.82, 2.24) is 10.2 Å². The van der Waals surface area contributed by atoms with Crippen LogP contribution in [0.5, 0.6) is 0 Å². The first-order valence-electron chi connectivity index (χ1n) is 4.43. The maximum atomic E-state index is 11.6. The van der Waals surface area contributed by atoms with E-state index in [0.717, 1.165) is 12.8 Å². The zero-order valence-electron chi connectivity index (χ0n) is 7.54. The highest BCUT2D eigenvalue weighted by molar-refractivity contribution is 6.04. The molecule has 0 bridgehead atoms. The van der Waals surface area contributed by atoms with Gasteiger partial charge in [0.05, 0.1) is 5.70 Å². The van der Waals surface area contributed by atoms with Crippen LogP contribution < -0.4 is 5.32 Å². The molecule has 2 saturated heterocycles. The van der Waals surface area contributed by atoms with Crippen molar-refractivity contribution >= 4 is 11.8 Å². The second kappa shape index (κ2) is 2.58. The Morgan fingerprint density at radius 2 is 2.15 bits per heavy atom. The molecule has 2 fully saturated rings. The first-order valence-corrected chi connectivity index (χ1v) is 4.43. The number of nitrogens with one attached hydrogen (secondary N) is 1. The summed E-state index contributed by atoms with van der Waals surface area (Å²) in [6, 6.07) is -0.0895. The first kappa shape index (κ1) is 8.29. The lowest BCUT2D eigenvalue weighted by Crippen LogP contribution is -2.55. The molecular weight excluding hydrogens is 168 g/mol. The molecule has 2 atom stereocenters. The number of amides is 2. The molecule has 70 valence electrons. The molecule has 0 aromatic carbocycles. The van der Waals surface area contributed by atoms with Crippen LogP contribution in [-0.4, -0.2) is 28.8 Å². The highest BCUT2D eigenvalue weighted by Gasteiger charge is 2.43. The Morgan fingerprint density at radius 1 is 1.46 bits per heavy atom. The van der Waals surface area contributed by atoms with E-state index in [0.29, 0.717) is 0 Å². The molecule has 1 N–H and O–H groups in total. The van der Waals surface area contributed by atoms with Gasteiger partial charge in [-0.2, -0.15) is 0 Å². The smallest absolute Gasteiger partial charge is 0.270 e. The van der Waals surface area contributed by atoms with Crippen molar-refractivity contribution in [3.05, 3.63) is 12.3 Å². The summed E-state index contributed by atoms with van der Waals surface area (Å²) in [6.07, 6.45) is 1.67. The minimum atomic E-state index is -0.256. The van der Waals surface area contributed by atoms with Crippen LogP contribution in [0.2, 0.25) is 0 Å². The van der Waals surface area contributed by atoms with Gasteiger partial charge in [0, 0.05) is 6.04 Å². The number of rotatable bonds is 0. The number of carbonyl (C=O) groups excluding carboxylic acids is 2. The van der Waals surface area contributed by atoms with Gasteiger partial charge < -0.3 is 10.2 Å². The van der Waals surface area contributed by atoms with Gasteiger partial charge in [0.15, 0.2) is 0 Å². The maximum Gasteiger partial charge on any atom is 0.270 e. The van der Waals surface area contributed by atoms with Crippen molar-refractivity contribution < 1.29 is 9.59 Å². The van der Waals surface area contributed by atoms with Crippen molar-refractivity contribution in [1.29, 1.82) is 0 Å². The Hall–Kier alpha value is -1.32. The van der Waals surface area contributed by atoms with E-state index in [1.54, 1.807) is 4.90 Å². The molecule has 2 amide bonds. The third-order valence-electron chi connectivity index (χ3n) is 2.74. The van der Waals surface area contributed by atoms with Crippen molar-refractivity contribution in [2.24, 2.45) is 0 Å². The van der Waals surface area contributed by atoms with Crippen LogP contribution in [0, 0.1) is 0 Å². The molecule has 2 aliphatic heterocycles. The molecule has 2 aliphatic rings. The average Bonchev–Trinajstić information content (AvgIpc) is 2.44. The highest BCUT2D eigenvalue weighted by Crippen LogP contribution is 2.27. The Balaban J connectivity index is 2.32. The SMILES string of the molecule is C=C1NC(=O)C2CCC(C)N2C1=O. The zero-order chi connectivity index (χ0) is 9.59. The second-order valence-electron chi connectivity index (χ2n) is 3.62. The molecule has 4 heteroatoms. The summed E-state index contributed by atoms with van der Waals surface area (Å²) in [6.45, 7) is 5.48. The van der Waals surface area contributed by atoms with Gasteiger partial charge >= 0.3 is 0 Å². The normalized spacial score (nSPS) is 33.3. The van der Waals surface area contributed by atoms with E-state index in [9.17, 15) is 9.59 Å². The standard InChI is InChI=1S/C9H12N2O2/c1-5-3-4-7-8(12)10-6(2)9(13)11(5)7/h5,7H,2-4H2,1H3,(H,10,12). The van der Waals surface area contributed by atoms with Crippen LogP contribution in [0.1, 0.15) is 19.8 Å². The topological polar surface area (TPSA) is 49.4 Å². The van der Waals surface area contributed by atoms with Crippen molar-refractivity contribution in [2.75, 3.05) is 0 Å². The number of fused-ring (bicyclic) bond motifs is 1. The van der Waals surface area contributed by atoms with Gasteiger partial charge in [-0.15, -0.1) is 0 Å². The van der Waals surface area contributed by atoms with Gasteiger partial charge in [-0.1, -0.05) is 6.58 Å². The molecular formula is C9H12N2O2. The zero-order valence-corrected chi connectivity index (χ0v) is 7.54. The second-order valence-corrected chi connectivity index (χ2v) is 3.62. The van der Waals surface area contributed by atoms with Gasteiger partial charge in [0.1, 0.15) is 6.04 Å². The van der Waals surface area contributed by atoms with Crippen LogP contribution in [0.15, 0.2) is 12.3 Å². The Bertz CT molecular complexity index is 298. The van der Waals surface area contributed by atoms with E-state index in [1.165, 1.54) is 0 Å². The number of hydrogen-bond donors (Lipinski definition) is 1. The van der Waals surface area contributed by atoms with Crippen LogP contribution in [0.4, 0.5) is 0 Å². The molecule has 0 aromatic heterocycles. The fourth-order valence-corrected chi connectivity index (χ4v) is 2.02. The lowest BCUT2D eigenvalue weighted by Gasteiger charge is -2.32. The summed E-state index contributed by atoms with van der Waals surface area (Å²) in [7, 11) is 0.